The summed E-state index contributed by atoms with van der Waals surface area (Å²) in [5, 5.41) is 5.59. The van der Waals surface area contributed by atoms with Crippen molar-refractivity contribution in [3.63, 3.8) is 0 Å². The summed E-state index contributed by atoms with van der Waals surface area (Å²) in [5.41, 5.74) is 5.78. The second kappa shape index (κ2) is 6.00. The van der Waals surface area contributed by atoms with E-state index in [4.69, 9.17) is 5.73 Å². The number of nitrogens with two attached hydrogens (primary N) is 1. The Labute approximate surface area is 103 Å². The van der Waals surface area contributed by atoms with E-state index < -0.39 is 0 Å². The predicted molar refractivity (Wildman–Crippen MR) is 66.2 cm³/mol. The van der Waals surface area contributed by atoms with Gasteiger partial charge in [0.2, 0.25) is 11.8 Å². The maximum Gasteiger partial charge on any atom is 0.223 e. The minimum atomic E-state index is -0.327. The van der Waals surface area contributed by atoms with Crippen molar-refractivity contribution in [2.24, 2.45) is 11.7 Å². The zero-order valence-corrected chi connectivity index (χ0v) is 10.7. The van der Waals surface area contributed by atoms with Crippen molar-refractivity contribution < 1.29 is 9.59 Å². The van der Waals surface area contributed by atoms with Gasteiger partial charge in [0.1, 0.15) is 0 Å². The first kappa shape index (κ1) is 14.0. The Morgan fingerprint density at radius 1 is 1.53 bits per heavy atom. The Balaban J connectivity index is 2.41. The molecule has 98 valence electrons. The van der Waals surface area contributed by atoms with Gasteiger partial charge in [-0.2, -0.15) is 0 Å². The van der Waals surface area contributed by atoms with Crippen molar-refractivity contribution in [2.75, 3.05) is 13.1 Å². The number of carbonyl (C=O) groups excluding carboxylic acids is 2. The third kappa shape index (κ3) is 4.00. The lowest BCUT2D eigenvalue weighted by atomic mass is 9.92. The fourth-order valence-electron chi connectivity index (χ4n) is 1.92. The third-order valence-corrected chi connectivity index (χ3v) is 3.64. The average molecular weight is 241 g/mol. The Bertz CT molecular complexity index is 287. The second-order valence-electron chi connectivity index (χ2n) is 4.83. The Kier molecular flexibility index (Phi) is 4.93. The standard InChI is InChI=1S/C12H23N3O2/c1-3-12(13,4-2)8-15-11(17)9-5-6-14-10(16)7-9/h9H,3-8,13H2,1-2H3,(H,14,16)(H,15,17). The van der Waals surface area contributed by atoms with E-state index in [1.54, 1.807) is 0 Å². The third-order valence-electron chi connectivity index (χ3n) is 3.64. The zero-order chi connectivity index (χ0) is 12.9. The molecular weight excluding hydrogens is 218 g/mol. The summed E-state index contributed by atoms with van der Waals surface area (Å²) in [4.78, 5) is 23.1. The zero-order valence-electron chi connectivity index (χ0n) is 10.7. The monoisotopic (exact) mass is 241 g/mol. The topological polar surface area (TPSA) is 84.2 Å². The summed E-state index contributed by atoms with van der Waals surface area (Å²) in [6.45, 7) is 5.11. The molecule has 0 aliphatic carbocycles. The molecule has 17 heavy (non-hydrogen) atoms. The molecule has 2 amide bonds. The molecule has 1 heterocycles. The van der Waals surface area contributed by atoms with Crippen LogP contribution in [0.3, 0.4) is 0 Å². The van der Waals surface area contributed by atoms with Crippen LogP contribution in [-0.2, 0) is 9.59 Å². The summed E-state index contributed by atoms with van der Waals surface area (Å²) in [6, 6.07) is 0. The lowest BCUT2D eigenvalue weighted by molar-refractivity contribution is -0.132. The van der Waals surface area contributed by atoms with E-state index in [0.717, 1.165) is 12.8 Å². The van der Waals surface area contributed by atoms with E-state index >= 15 is 0 Å². The number of amides is 2. The van der Waals surface area contributed by atoms with Gasteiger partial charge in [0.15, 0.2) is 0 Å². The molecule has 1 rings (SSSR count). The van der Waals surface area contributed by atoms with E-state index in [-0.39, 0.29) is 23.3 Å². The number of hydrogen-bond donors (Lipinski definition) is 3. The number of carbonyl (C=O) groups is 2. The van der Waals surface area contributed by atoms with Crippen LogP contribution in [-0.4, -0.2) is 30.4 Å². The highest BCUT2D eigenvalue weighted by Gasteiger charge is 2.27. The average Bonchev–Trinajstić information content (AvgIpc) is 2.35. The van der Waals surface area contributed by atoms with Crippen LogP contribution in [0.5, 0.6) is 0 Å². The second-order valence-corrected chi connectivity index (χ2v) is 4.83. The largest absolute Gasteiger partial charge is 0.356 e. The van der Waals surface area contributed by atoms with Gasteiger partial charge in [0.05, 0.1) is 0 Å². The molecule has 4 N–H and O–H groups in total. The van der Waals surface area contributed by atoms with Gasteiger partial charge in [-0.1, -0.05) is 13.8 Å². The molecule has 0 aromatic carbocycles. The molecule has 1 aliphatic heterocycles. The molecule has 1 fully saturated rings. The van der Waals surface area contributed by atoms with Crippen molar-refractivity contribution in [3.8, 4) is 0 Å². The van der Waals surface area contributed by atoms with Gasteiger partial charge in [-0.25, -0.2) is 0 Å². The summed E-state index contributed by atoms with van der Waals surface area (Å²) in [6.07, 6.45) is 2.67. The maximum absolute atomic E-state index is 11.9. The summed E-state index contributed by atoms with van der Waals surface area (Å²) in [7, 11) is 0. The van der Waals surface area contributed by atoms with Crippen LogP contribution >= 0.6 is 0 Å². The first-order valence-electron chi connectivity index (χ1n) is 6.34. The SMILES string of the molecule is CCC(N)(CC)CNC(=O)C1CCNC(=O)C1. The van der Waals surface area contributed by atoms with Crippen LogP contribution in [0.4, 0.5) is 0 Å². The fourth-order valence-corrected chi connectivity index (χ4v) is 1.92. The summed E-state index contributed by atoms with van der Waals surface area (Å²) >= 11 is 0. The highest BCUT2D eigenvalue weighted by molar-refractivity contribution is 5.86. The minimum Gasteiger partial charge on any atom is -0.356 e. The molecule has 5 heteroatoms. The smallest absolute Gasteiger partial charge is 0.223 e. The first-order valence-corrected chi connectivity index (χ1v) is 6.34. The van der Waals surface area contributed by atoms with E-state index in [9.17, 15) is 9.59 Å². The molecule has 0 spiro atoms. The highest BCUT2D eigenvalue weighted by Crippen LogP contribution is 2.14. The lowest BCUT2D eigenvalue weighted by Gasteiger charge is -2.28. The van der Waals surface area contributed by atoms with Gasteiger partial charge in [-0.05, 0) is 19.3 Å². The van der Waals surface area contributed by atoms with Crippen LogP contribution in [0.2, 0.25) is 0 Å². The van der Waals surface area contributed by atoms with Gasteiger partial charge in [0.25, 0.3) is 0 Å². The molecular formula is C12H23N3O2. The van der Waals surface area contributed by atoms with Crippen LogP contribution in [0.1, 0.15) is 39.5 Å². The van der Waals surface area contributed by atoms with Crippen molar-refractivity contribution in [2.45, 2.75) is 45.1 Å². The van der Waals surface area contributed by atoms with Crippen molar-refractivity contribution in [1.29, 1.82) is 0 Å². The molecule has 1 atom stereocenters. The van der Waals surface area contributed by atoms with E-state index in [0.29, 0.717) is 25.9 Å². The molecule has 0 aromatic rings. The van der Waals surface area contributed by atoms with Gasteiger partial charge < -0.3 is 16.4 Å². The molecule has 1 saturated heterocycles. The van der Waals surface area contributed by atoms with E-state index in [1.807, 2.05) is 13.8 Å². The minimum absolute atomic E-state index is 0.0404. The number of rotatable bonds is 5. The lowest BCUT2D eigenvalue weighted by Crippen LogP contribution is -2.51. The van der Waals surface area contributed by atoms with Crippen molar-refractivity contribution in [1.82, 2.24) is 10.6 Å². The maximum atomic E-state index is 11.9. The van der Waals surface area contributed by atoms with Crippen LogP contribution in [0.25, 0.3) is 0 Å². The molecule has 1 aliphatic rings. The van der Waals surface area contributed by atoms with E-state index in [2.05, 4.69) is 10.6 Å². The summed E-state index contributed by atoms with van der Waals surface area (Å²) < 4.78 is 0. The number of hydrogen-bond acceptors (Lipinski definition) is 3. The van der Waals surface area contributed by atoms with Gasteiger partial charge >= 0.3 is 0 Å². The molecule has 5 nitrogen and oxygen atoms in total. The molecule has 0 radical (unpaired) electrons. The Morgan fingerprint density at radius 3 is 2.71 bits per heavy atom. The molecule has 1 unspecified atom stereocenters. The normalized spacial score (nSPS) is 20.9. The Morgan fingerprint density at radius 2 is 2.18 bits per heavy atom. The van der Waals surface area contributed by atoms with Gasteiger partial charge in [0, 0.05) is 31.0 Å². The molecule has 0 saturated carbocycles. The quantitative estimate of drug-likeness (QED) is 0.640. The van der Waals surface area contributed by atoms with Gasteiger partial charge in [-0.15, -0.1) is 0 Å². The molecule has 0 bridgehead atoms. The van der Waals surface area contributed by atoms with Crippen LogP contribution < -0.4 is 16.4 Å². The highest BCUT2D eigenvalue weighted by atomic mass is 16.2. The van der Waals surface area contributed by atoms with Gasteiger partial charge in [-0.3, -0.25) is 9.59 Å². The predicted octanol–water partition coefficient (Wildman–Crippen LogP) is 0.146. The Hall–Kier alpha value is -1.10. The number of piperidine rings is 1. The summed E-state index contributed by atoms with van der Waals surface area (Å²) in [5.74, 6) is -0.278. The van der Waals surface area contributed by atoms with Crippen LogP contribution in [0.15, 0.2) is 0 Å². The van der Waals surface area contributed by atoms with Crippen molar-refractivity contribution >= 4 is 11.8 Å². The first-order chi connectivity index (χ1) is 8.00. The number of nitrogens with one attached hydrogen (secondary N) is 2. The van der Waals surface area contributed by atoms with Crippen LogP contribution in [0, 0.1) is 5.92 Å². The fraction of sp³-hybridized carbons (Fsp3) is 0.833. The molecule has 0 aromatic heterocycles. The van der Waals surface area contributed by atoms with Crippen molar-refractivity contribution in [3.05, 3.63) is 0 Å². The van der Waals surface area contributed by atoms with E-state index in [1.165, 1.54) is 0 Å².